The molecule has 0 aliphatic heterocycles. The minimum absolute atomic E-state index is 0.708. The minimum atomic E-state index is 0.708. The molecule has 3 aliphatic carbocycles. The first-order valence-electron chi connectivity index (χ1n) is 10.0. The van der Waals surface area contributed by atoms with Crippen LogP contribution in [0.5, 0.6) is 0 Å². The Hall–Kier alpha value is 0.700. The van der Waals surface area contributed by atoms with Crippen LogP contribution in [0, 0.1) is 11.8 Å². The van der Waals surface area contributed by atoms with Crippen LogP contribution in [0.1, 0.15) is 90.9 Å². The molecule has 0 radical (unpaired) electrons. The van der Waals surface area contributed by atoms with Crippen LogP contribution in [0.4, 0.5) is 0 Å². The van der Waals surface area contributed by atoms with E-state index in [1.807, 2.05) is 0 Å². The van der Waals surface area contributed by atoms with Gasteiger partial charge in [0.2, 0.25) is 0 Å². The molecule has 0 nitrogen and oxygen atoms in total. The van der Waals surface area contributed by atoms with E-state index in [0.29, 0.717) is 5.25 Å². The van der Waals surface area contributed by atoms with E-state index in [2.05, 4.69) is 13.8 Å². The van der Waals surface area contributed by atoms with E-state index in [1.165, 1.54) is 51.4 Å². The van der Waals surface area contributed by atoms with Crippen LogP contribution in [0.3, 0.4) is 0 Å². The second kappa shape index (κ2) is 8.19. The molecule has 0 atom stereocenters. The molecule has 3 fully saturated rings. The Morgan fingerprint density at radius 1 is 0.545 bits per heavy atom. The Kier molecular flexibility index (Phi) is 6.52. The number of rotatable bonds is 3. The molecule has 128 valence electrons. The molecule has 0 aromatic carbocycles. The van der Waals surface area contributed by atoms with Crippen molar-refractivity contribution in [1.29, 1.82) is 0 Å². The van der Waals surface area contributed by atoms with Gasteiger partial charge in [0.1, 0.15) is 15.7 Å². The summed E-state index contributed by atoms with van der Waals surface area (Å²) in [6, 6.07) is 0. The fourth-order valence-electron chi connectivity index (χ4n) is 5.14. The van der Waals surface area contributed by atoms with Gasteiger partial charge < -0.3 is 0 Å². The van der Waals surface area contributed by atoms with Crippen molar-refractivity contribution < 1.29 is 0 Å². The zero-order chi connectivity index (χ0) is 15.5. The van der Waals surface area contributed by atoms with Gasteiger partial charge in [-0.05, 0) is 99.8 Å². The van der Waals surface area contributed by atoms with Gasteiger partial charge in [-0.15, -0.1) is 0 Å². The molecule has 3 saturated carbocycles. The summed E-state index contributed by atoms with van der Waals surface area (Å²) in [6.45, 7) is 4.95. The van der Waals surface area contributed by atoms with E-state index < -0.39 is 0 Å². The predicted molar refractivity (Wildman–Crippen MR) is 105 cm³/mol. The lowest BCUT2D eigenvalue weighted by molar-refractivity contribution is 0.372. The molecule has 22 heavy (non-hydrogen) atoms. The first kappa shape index (κ1) is 17.5. The highest BCUT2D eigenvalue weighted by Gasteiger charge is 2.46. The van der Waals surface area contributed by atoms with Gasteiger partial charge in [-0.1, -0.05) is 13.8 Å². The first-order chi connectivity index (χ1) is 10.6. The molecular formula is C20H37S2+. The predicted octanol–water partition coefficient (Wildman–Crippen LogP) is 6.00. The van der Waals surface area contributed by atoms with E-state index in [4.69, 9.17) is 12.6 Å². The van der Waals surface area contributed by atoms with Gasteiger partial charge in [-0.25, -0.2) is 0 Å². The second-order valence-electron chi connectivity index (χ2n) is 8.60. The zero-order valence-corrected chi connectivity index (χ0v) is 16.5. The molecule has 0 saturated heterocycles. The topological polar surface area (TPSA) is 0 Å². The van der Waals surface area contributed by atoms with E-state index >= 15 is 0 Å². The number of thiol groups is 1. The zero-order valence-electron chi connectivity index (χ0n) is 14.8. The molecule has 0 heterocycles. The van der Waals surface area contributed by atoms with E-state index in [0.717, 1.165) is 38.5 Å². The maximum atomic E-state index is 4.75. The second-order valence-corrected chi connectivity index (χ2v) is 12.1. The van der Waals surface area contributed by atoms with Gasteiger partial charge in [0.15, 0.2) is 0 Å². The van der Waals surface area contributed by atoms with Crippen molar-refractivity contribution in [2.24, 2.45) is 11.8 Å². The largest absolute Gasteiger partial charge is 0.176 e. The smallest absolute Gasteiger partial charge is 0.118 e. The lowest BCUT2D eigenvalue weighted by atomic mass is 9.90. The Bertz CT molecular complexity index is 266. The summed E-state index contributed by atoms with van der Waals surface area (Å²) in [5, 5.41) is 3.96. The standard InChI is InChI=1S/C20H36S2/c1-15-3-9-18(10-4-15)22(19-11-5-16(2)6-12-19)20-13-7-17(21)8-14-20/h15-20H,3-14H2,1-2H3/p+1. The molecule has 0 bridgehead atoms. The van der Waals surface area contributed by atoms with Crippen LogP contribution >= 0.6 is 12.6 Å². The van der Waals surface area contributed by atoms with E-state index in [9.17, 15) is 0 Å². The van der Waals surface area contributed by atoms with Gasteiger partial charge in [0, 0.05) is 5.25 Å². The van der Waals surface area contributed by atoms with E-state index in [1.54, 1.807) is 25.7 Å². The maximum Gasteiger partial charge on any atom is 0.118 e. The van der Waals surface area contributed by atoms with Gasteiger partial charge in [0.25, 0.3) is 0 Å². The summed E-state index contributed by atoms with van der Waals surface area (Å²) in [5.41, 5.74) is 0. The van der Waals surface area contributed by atoms with Gasteiger partial charge in [-0.2, -0.15) is 12.6 Å². The van der Waals surface area contributed by atoms with Crippen LogP contribution in [-0.2, 0) is 10.9 Å². The summed E-state index contributed by atoms with van der Waals surface area (Å²) < 4.78 is 0. The quantitative estimate of drug-likeness (QED) is 0.472. The number of hydrogen-bond donors (Lipinski definition) is 1. The van der Waals surface area contributed by atoms with Crippen molar-refractivity contribution in [3.05, 3.63) is 0 Å². The molecule has 2 heteroatoms. The van der Waals surface area contributed by atoms with Crippen LogP contribution in [0.15, 0.2) is 0 Å². The highest BCUT2D eigenvalue weighted by molar-refractivity contribution is 7.98. The lowest BCUT2D eigenvalue weighted by Gasteiger charge is -2.38. The molecule has 0 spiro atoms. The molecule has 0 N–H and O–H groups in total. The highest BCUT2D eigenvalue weighted by Crippen LogP contribution is 2.42. The average Bonchev–Trinajstić information content (AvgIpc) is 2.53. The molecule has 0 amide bonds. The minimum Gasteiger partial charge on any atom is -0.176 e. The van der Waals surface area contributed by atoms with Crippen molar-refractivity contribution in [1.82, 2.24) is 0 Å². The van der Waals surface area contributed by atoms with Crippen LogP contribution in [0.25, 0.3) is 0 Å². The van der Waals surface area contributed by atoms with E-state index in [-0.39, 0.29) is 0 Å². The average molecular weight is 342 g/mol. The SMILES string of the molecule is CC1CCC([S+](C2CCC(C)CC2)C2CCC(S)CC2)CC1. The van der Waals surface area contributed by atoms with Crippen LogP contribution in [0.2, 0.25) is 0 Å². The molecule has 3 aliphatic rings. The Morgan fingerprint density at radius 2 is 0.864 bits per heavy atom. The van der Waals surface area contributed by atoms with Gasteiger partial charge in [0.05, 0.1) is 0 Å². The van der Waals surface area contributed by atoms with Gasteiger partial charge >= 0.3 is 0 Å². The third kappa shape index (κ3) is 4.41. The number of hydrogen-bond acceptors (Lipinski definition) is 1. The molecule has 0 aromatic heterocycles. The summed E-state index contributed by atoms with van der Waals surface area (Å²) in [7, 11) is 0.737. The molecule has 3 rings (SSSR count). The molecular weight excluding hydrogens is 304 g/mol. The summed E-state index contributed by atoms with van der Waals surface area (Å²) >= 11 is 4.75. The van der Waals surface area contributed by atoms with Crippen molar-refractivity contribution in [2.75, 3.05) is 0 Å². The Labute approximate surface area is 147 Å². The van der Waals surface area contributed by atoms with Crippen molar-refractivity contribution in [3.63, 3.8) is 0 Å². The van der Waals surface area contributed by atoms with Gasteiger partial charge in [-0.3, -0.25) is 0 Å². The van der Waals surface area contributed by atoms with Crippen LogP contribution in [-0.4, -0.2) is 21.0 Å². The lowest BCUT2D eigenvalue weighted by Crippen LogP contribution is -2.45. The Morgan fingerprint density at radius 3 is 1.23 bits per heavy atom. The monoisotopic (exact) mass is 341 g/mol. The van der Waals surface area contributed by atoms with Crippen molar-refractivity contribution >= 4 is 23.5 Å². The molecule has 0 unspecified atom stereocenters. The summed E-state index contributed by atoms with van der Waals surface area (Å²) in [5.74, 6) is 2.00. The first-order valence-corrected chi connectivity index (χ1v) is 11.9. The Balaban J connectivity index is 1.67. The van der Waals surface area contributed by atoms with Crippen LogP contribution < -0.4 is 0 Å². The third-order valence-corrected chi connectivity index (χ3v) is 11.0. The summed E-state index contributed by atoms with van der Waals surface area (Å²) in [6.07, 6.45) is 18.0. The maximum absolute atomic E-state index is 4.75. The van der Waals surface area contributed by atoms with Crippen molar-refractivity contribution in [3.8, 4) is 0 Å². The highest BCUT2D eigenvalue weighted by atomic mass is 32.2. The van der Waals surface area contributed by atoms with Crippen molar-refractivity contribution in [2.45, 2.75) is 112 Å². The normalized spacial score (nSPS) is 45.4. The fourth-order valence-corrected chi connectivity index (χ4v) is 9.52. The third-order valence-electron chi connectivity index (χ3n) is 6.72. The molecule has 0 aromatic rings. The fraction of sp³-hybridized carbons (Fsp3) is 1.00. The summed E-state index contributed by atoms with van der Waals surface area (Å²) in [4.78, 5) is 0.